The van der Waals surface area contributed by atoms with Crippen LogP contribution in [0.5, 0.6) is 0 Å². The first-order valence-electron chi connectivity index (χ1n) is 7.11. The summed E-state index contributed by atoms with van der Waals surface area (Å²) in [7, 11) is 0. The number of rotatable bonds is 5. The van der Waals surface area contributed by atoms with Gasteiger partial charge in [-0.3, -0.25) is 4.79 Å². The minimum atomic E-state index is -0.506. The SMILES string of the molecule is O=c1c(Cl)c(NCC2(CO)COC2)cnn1-c1ccc(Cl)cc1Cl. The number of halogens is 3. The van der Waals surface area contributed by atoms with Gasteiger partial charge in [0, 0.05) is 11.6 Å². The fraction of sp³-hybridized carbons (Fsp3) is 0.333. The lowest BCUT2D eigenvalue weighted by molar-refractivity contribution is -0.128. The standard InChI is InChI=1S/C15H14Cl3N3O3/c16-9-1-2-12(10(17)3-9)21-14(23)13(18)11(4-20-21)19-5-15(6-22)7-24-8-15/h1-4,19,22H,5-8H2. The molecule has 0 atom stereocenters. The van der Waals surface area contributed by atoms with Crippen molar-refractivity contribution in [2.24, 2.45) is 5.41 Å². The van der Waals surface area contributed by atoms with Gasteiger partial charge in [0.25, 0.3) is 5.56 Å². The number of hydrogen-bond donors (Lipinski definition) is 2. The highest BCUT2D eigenvalue weighted by Gasteiger charge is 2.38. The van der Waals surface area contributed by atoms with Crippen molar-refractivity contribution in [2.75, 3.05) is 31.7 Å². The number of nitrogens with zero attached hydrogens (tertiary/aromatic N) is 2. The molecule has 0 spiro atoms. The molecular weight excluding hydrogens is 377 g/mol. The molecule has 1 aromatic carbocycles. The third kappa shape index (κ3) is 3.25. The maximum absolute atomic E-state index is 12.5. The largest absolute Gasteiger partial charge is 0.396 e. The van der Waals surface area contributed by atoms with Crippen molar-refractivity contribution in [3.63, 3.8) is 0 Å². The van der Waals surface area contributed by atoms with Crippen LogP contribution < -0.4 is 10.9 Å². The maximum atomic E-state index is 12.5. The molecule has 6 nitrogen and oxygen atoms in total. The van der Waals surface area contributed by atoms with Crippen molar-refractivity contribution < 1.29 is 9.84 Å². The van der Waals surface area contributed by atoms with Gasteiger partial charge in [-0.25, -0.2) is 0 Å². The number of benzene rings is 1. The van der Waals surface area contributed by atoms with E-state index in [2.05, 4.69) is 10.4 Å². The van der Waals surface area contributed by atoms with E-state index in [1.165, 1.54) is 12.3 Å². The van der Waals surface area contributed by atoms with Crippen LogP contribution in [0, 0.1) is 5.41 Å². The quantitative estimate of drug-likeness (QED) is 0.821. The van der Waals surface area contributed by atoms with Crippen molar-refractivity contribution in [3.8, 4) is 5.69 Å². The molecule has 1 fully saturated rings. The number of nitrogens with one attached hydrogen (secondary N) is 1. The topological polar surface area (TPSA) is 76.4 Å². The number of hydrogen-bond acceptors (Lipinski definition) is 5. The lowest BCUT2D eigenvalue weighted by atomic mass is 9.87. The molecule has 2 heterocycles. The Labute approximate surface area is 152 Å². The van der Waals surface area contributed by atoms with E-state index in [9.17, 15) is 9.90 Å². The molecule has 2 N–H and O–H groups in total. The van der Waals surface area contributed by atoms with E-state index >= 15 is 0 Å². The highest BCUT2D eigenvalue weighted by molar-refractivity contribution is 6.36. The summed E-state index contributed by atoms with van der Waals surface area (Å²) in [5, 5.41) is 17.3. The van der Waals surface area contributed by atoms with Crippen molar-refractivity contribution in [2.45, 2.75) is 0 Å². The zero-order valence-electron chi connectivity index (χ0n) is 12.4. The predicted molar refractivity (Wildman–Crippen MR) is 93.7 cm³/mol. The Bertz CT molecular complexity index is 816. The van der Waals surface area contributed by atoms with Gasteiger partial charge in [-0.2, -0.15) is 9.78 Å². The molecule has 0 saturated carbocycles. The maximum Gasteiger partial charge on any atom is 0.292 e. The van der Waals surface area contributed by atoms with Gasteiger partial charge < -0.3 is 15.2 Å². The van der Waals surface area contributed by atoms with E-state index in [0.717, 1.165) is 4.68 Å². The third-order valence-electron chi connectivity index (χ3n) is 3.86. The highest BCUT2D eigenvalue weighted by atomic mass is 35.5. The molecule has 1 aliphatic heterocycles. The van der Waals surface area contributed by atoms with E-state index in [4.69, 9.17) is 39.5 Å². The molecular formula is C15H14Cl3N3O3. The summed E-state index contributed by atoms with van der Waals surface area (Å²) in [6.45, 7) is 1.33. The number of ether oxygens (including phenoxy) is 1. The van der Waals surface area contributed by atoms with Crippen LogP contribution in [0.2, 0.25) is 15.1 Å². The molecule has 0 bridgehead atoms. The summed E-state index contributed by atoms with van der Waals surface area (Å²) in [5.74, 6) is 0. The van der Waals surface area contributed by atoms with Gasteiger partial charge in [0.2, 0.25) is 0 Å². The van der Waals surface area contributed by atoms with Gasteiger partial charge in [0.05, 0.1) is 47.8 Å². The summed E-state index contributed by atoms with van der Waals surface area (Å²) < 4.78 is 6.24. The molecule has 128 valence electrons. The first-order chi connectivity index (χ1) is 11.5. The Hall–Kier alpha value is -1.31. The second kappa shape index (κ2) is 6.90. The minimum absolute atomic E-state index is 0.00986. The van der Waals surface area contributed by atoms with Gasteiger partial charge in [0.15, 0.2) is 0 Å². The van der Waals surface area contributed by atoms with Gasteiger partial charge >= 0.3 is 0 Å². The van der Waals surface area contributed by atoms with Crippen LogP contribution in [-0.4, -0.2) is 41.3 Å². The number of anilines is 1. The summed E-state index contributed by atoms with van der Waals surface area (Å²) >= 11 is 18.1. The predicted octanol–water partition coefficient (Wildman–Crippen LogP) is 2.61. The highest BCUT2D eigenvalue weighted by Crippen LogP contribution is 2.28. The lowest BCUT2D eigenvalue weighted by Gasteiger charge is -2.40. The van der Waals surface area contributed by atoms with Crippen molar-refractivity contribution in [1.82, 2.24) is 9.78 Å². The van der Waals surface area contributed by atoms with Crippen LogP contribution in [-0.2, 0) is 4.74 Å². The Balaban J connectivity index is 1.87. The third-order valence-corrected chi connectivity index (χ3v) is 4.77. The molecule has 0 unspecified atom stereocenters. The van der Waals surface area contributed by atoms with Gasteiger partial charge in [0.1, 0.15) is 5.02 Å². The van der Waals surface area contributed by atoms with Crippen LogP contribution in [0.1, 0.15) is 0 Å². The van der Waals surface area contributed by atoms with E-state index in [1.54, 1.807) is 12.1 Å². The van der Waals surface area contributed by atoms with Gasteiger partial charge in [-0.05, 0) is 18.2 Å². The summed E-state index contributed by atoms with van der Waals surface area (Å²) in [6.07, 6.45) is 1.44. The first-order valence-corrected chi connectivity index (χ1v) is 8.25. The fourth-order valence-electron chi connectivity index (χ4n) is 2.30. The van der Waals surface area contributed by atoms with Crippen molar-refractivity contribution in [1.29, 1.82) is 0 Å². The minimum Gasteiger partial charge on any atom is -0.396 e. The van der Waals surface area contributed by atoms with Crippen molar-refractivity contribution >= 4 is 40.5 Å². The van der Waals surface area contributed by atoms with E-state index in [0.29, 0.717) is 41.2 Å². The molecule has 1 saturated heterocycles. The number of aliphatic hydroxyl groups excluding tert-OH is 1. The normalized spacial score (nSPS) is 15.8. The molecule has 2 aromatic rings. The Morgan fingerprint density at radius 3 is 2.67 bits per heavy atom. The first kappa shape index (κ1) is 17.5. The molecule has 1 aliphatic rings. The average molecular weight is 391 g/mol. The van der Waals surface area contributed by atoms with Gasteiger partial charge in [-0.15, -0.1) is 0 Å². The molecule has 3 rings (SSSR count). The van der Waals surface area contributed by atoms with Crippen molar-refractivity contribution in [3.05, 3.63) is 49.8 Å². The molecule has 0 radical (unpaired) electrons. The Morgan fingerprint density at radius 1 is 1.33 bits per heavy atom. The zero-order chi connectivity index (χ0) is 17.3. The Kier molecular flexibility index (Phi) is 5.03. The van der Waals surface area contributed by atoms with Crippen LogP contribution in [0.3, 0.4) is 0 Å². The molecule has 1 aromatic heterocycles. The zero-order valence-corrected chi connectivity index (χ0v) is 14.7. The molecule has 0 aliphatic carbocycles. The summed E-state index contributed by atoms with van der Waals surface area (Å²) in [4.78, 5) is 12.5. The second-order valence-corrected chi connectivity index (χ2v) is 6.91. The summed E-state index contributed by atoms with van der Waals surface area (Å²) in [5.41, 5.74) is -0.0761. The number of aromatic nitrogens is 2. The van der Waals surface area contributed by atoms with E-state index in [1.807, 2.05) is 0 Å². The van der Waals surface area contributed by atoms with Gasteiger partial charge in [-0.1, -0.05) is 34.8 Å². The monoisotopic (exact) mass is 389 g/mol. The van der Waals surface area contributed by atoms with E-state index in [-0.39, 0.29) is 17.0 Å². The molecule has 24 heavy (non-hydrogen) atoms. The second-order valence-electron chi connectivity index (χ2n) is 5.69. The summed E-state index contributed by atoms with van der Waals surface area (Å²) in [6, 6.07) is 4.72. The van der Waals surface area contributed by atoms with E-state index < -0.39 is 5.56 Å². The smallest absolute Gasteiger partial charge is 0.292 e. The van der Waals surface area contributed by atoms with Crippen LogP contribution in [0.4, 0.5) is 5.69 Å². The van der Waals surface area contributed by atoms with Crippen LogP contribution in [0.15, 0.2) is 29.2 Å². The number of aliphatic hydroxyl groups is 1. The molecule has 0 amide bonds. The Morgan fingerprint density at radius 2 is 2.08 bits per heavy atom. The van der Waals surface area contributed by atoms with Crippen LogP contribution >= 0.6 is 34.8 Å². The fourth-order valence-corrected chi connectivity index (χ4v) is 2.99. The molecule has 9 heteroatoms. The lowest BCUT2D eigenvalue weighted by Crippen LogP contribution is -2.50. The van der Waals surface area contributed by atoms with Crippen LogP contribution in [0.25, 0.3) is 5.69 Å². The average Bonchev–Trinajstić information content (AvgIpc) is 2.51.